The first kappa shape index (κ1) is 10.9. The summed E-state index contributed by atoms with van der Waals surface area (Å²) in [5.41, 5.74) is 0. The smallest absolute Gasteiger partial charge is 0.155 e. The lowest BCUT2D eigenvalue weighted by Gasteiger charge is -1.99. The van der Waals surface area contributed by atoms with Gasteiger partial charge in [0.15, 0.2) is 5.75 Å². The largest absolute Gasteiger partial charge is 0.491 e. The van der Waals surface area contributed by atoms with Gasteiger partial charge in [-0.15, -0.1) is 0 Å². The second-order valence-electron chi connectivity index (χ2n) is 1.90. The number of aryl methyl sites for hydroxylation is 1. The molecule has 0 aliphatic rings. The molecule has 0 aliphatic carbocycles. The van der Waals surface area contributed by atoms with E-state index in [2.05, 4.69) is 9.97 Å². The molecule has 1 heterocycles. The lowest BCUT2D eigenvalue weighted by Crippen LogP contribution is -1.94. The molecule has 12 heavy (non-hydrogen) atoms. The molecule has 0 amide bonds. The SMILES string of the molecule is CC.CCOc1cnc(C)nc1. The third-order valence-electron chi connectivity index (χ3n) is 1.07. The Morgan fingerprint density at radius 2 is 1.75 bits per heavy atom. The molecular weight excluding hydrogens is 152 g/mol. The maximum absolute atomic E-state index is 5.14. The quantitative estimate of drug-likeness (QED) is 0.679. The average Bonchev–Trinajstić information content (AvgIpc) is 2.13. The normalized spacial score (nSPS) is 8.33. The zero-order valence-electron chi connectivity index (χ0n) is 8.16. The summed E-state index contributed by atoms with van der Waals surface area (Å²) >= 11 is 0. The molecule has 1 aromatic rings. The number of ether oxygens (including phenoxy) is 1. The third-order valence-corrected chi connectivity index (χ3v) is 1.07. The van der Waals surface area contributed by atoms with Crippen molar-refractivity contribution >= 4 is 0 Å². The van der Waals surface area contributed by atoms with Gasteiger partial charge in [-0.3, -0.25) is 0 Å². The Kier molecular flexibility index (Phi) is 5.97. The minimum Gasteiger partial charge on any atom is -0.491 e. The van der Waals surface area contributed by atoms with Crippen LogP contribution in [0.2, 0.25) is 0 Å². The van der Waals surface area contributed by atoms with E-state index >= 15 is 0 Å². The third kappa shape index (κ3) is 3.91. The van der Waals surface area contributed by atoms with Crippen LogP contribution in [0.4, 0.5) is 0 Å². The van der Waals surface area contributed by atoms with Crippen LogP contribution in [-0.2, 0) is 0 Å². The Balaban J connectivity index is 0.000000561. The maximum Gasteiger partial charge on any atom is 0.155 e. The highest BCUT2D eigenvalue weighted by Crippen LogP contribution is 2.04. The van der Waals surface area contributed by atoms with E-state index in [1.807, 2.05) is 27.7 Å². The van der Waals surface area contributed by atoms with Crippen LogP contribution in [0.25, 0.3) is 0 Å². The molecule has 1 aromatic heterocycles. The van der Waals surface area contributed by atoms with Crippen molar-refractivity contribution in [2.24, 2.45) is 0 Å². The minimum atomic E-state index is 0.659. The summed E-state index contributed by atoms with van der Waals surface area (Å²) in [4.78, 5) is 7.92. The van der Waals surface area contributed by atoms with E-state index in [1.54, 1.807) is 12.4 Å². The average molecular weight is 168 g/mol. The van der Waals surface area contributed by atoms with Gasteiger partial charge in [0.1, 0.15) is 5.82 Å². The molecule has 0 saturated heterocycles. The van der Waals surface area contributed by atoms with Crippen molar-refractivity contribution in [1.82, 2.24) is 9.97 Å². The Morgan fingerprint density at radius 3 is 2.17 bits per heavy atom. The fraction of sp³-hybridized carbons (Fsp3) is 0.556. The molecule has 0 spiro atoms. The molecule has 0 aliphatic heterocycles. The molecule has 0 bridgehead atoms. The molecule has 0 unspecified atom stereocenters. The van der Waals surface area contributed by atoms with Gasteiger partial charge in [0.25, 0.3) is 0 Å². The first-order chi connectivity index (χ1) is 5.83. The molecule has 3 nitrogen and oxygen atoms in total. The van der Waals surface area contributed by atoms with Crippen molar-refractivity contribution in [3.63, 3.8) is 0 Å². The Bertz CT molecular complexity index is 196. The van der Waals surface area contributed by atoms with E-state index in [0.29, 0.717) is 6.61 Å². The topological polar surface area (TPSA) is 35.0 Å². The van der Waals surface area contributed by atoms with E-state index in [0.717, 1.165) is 11.6 Å². The summed E-state index contributed by atoms with van der Waals surface area (Å²) in [5.74, 6) is 1.50. The Hall–Kier alpha value is -1.12. The molecule has 1 rings (SSSR count). The van der Waals surface area contributed by atoms with Crippen molar-refractivity contribution in [3.05, 3.63) is 18.2 Å². The zero-order valence-corrected chi connectivity index (χ0v) is 8.16. The van der Waals surface area contributed by atoms with E-state index in [-0.39, 0.29) is 0 Å². The van der Waals surface area contributed by atoms with Gasteiger partial charge in [0.05, 0.1) is 19.0 Å². The number of rotatable bonds is 2. The van der Waals surface area contributed by atoms with Crippen LogP contribution >= 0.6 is 0 Å². The van der Waals surface area contributed by atoms with Crippen molar-refractivity contribution in [1.29, 1.82) is 0 Å². The summed E-state index contributed by atoms with van der Waals surface area (Å²) in [5, 5.41) is 0. The van der Waals surface area contributed by atoms with Gasteiger partial charge in [-0.05, 0) is 13.8 Å². The van der Waals surface area contributed by atoms with Crippen LogP contribution in [-0.4, -0.2) is 16.6 Å². The van der Waals surface area contributed by atoms with E-state index in [1.165, 1.54) is 0 Å². The predicted molar refractivity (Wildman–Crippen MR) is 49.3 cm³/mol. The highest BCUT2D eigenvalue weighted by molar-refractivity contribution is 5.11. The van der Waals surface area contributed by atoms with E-state index in [9.17, 15) is 0 Å². The van der Waals surface area contributed by atoms with Gasteiger partial charge in [0, 0.05) is 0 Å². The lowest BCUT2D eigenvalue weighted by atomic mass is 10.5. The van der Waals surface area contributed by atoms with Gasteiger partial charge >= 0.3 is 0 Å². The van der Waals surface area contributed by atoms with Gasteiger partial charge in [-0.25, -0.2) is 9.97 Å². The second kappa shape index (κ2) is 6.58. The first-order valence-electron chi connectivity index (χ1n) is 4.24. The minimum absolute atomic E-state index is 0.659. The fourth-order valence-corrected chi connectivity index (χ4v) is 0.622. The summed E-state index contributed by atoms with van der Waals surface area (Å²) in [6, 6.07) is 0. The van der Waals surface area contributed by atoms with Crippen molar-refractivity contribution in [3.8, 4) is 5.75 Å². The first-order valence-corrected chi connectivity index (χ1v) is 4.24. The standard InChI is InChI=1S/C7H10N2O.C2H6/c1-3-10-7-4-8-6(2)9-5-7;1-2/h4-5H,3H2,1-2H3;1-2H3. The van der Waals surface area contributed by atoms with Gasteiger partial charge in [-0.1, -0.05) is 13.8 Å². The van der Waals surface area contributed by atoms with Crippen LogP contribution < -0.4 is 4.74 Å². The molecule has 0 aromatic carbocycles. The highest BCUT2D eigenvalue weighted by atomic mass is 16.5. The molecule has 68 valence electrons. The van der Waals surface area contributed by atoms with E-state index < -0.39 is 0 Å². The highest BCUT2D eigenvalue weighted by Gasteiger charge is 1.90. The van der Waals surface area contributed by atoms with Crippen molar-refractivity contribution in [2.45, 2.75) is 27.7 Å². The molecule has 0 radical (unpaired) electrons. The summed E-state index contributed by atoms with van der Waals surface area (Å²) in [7, 11) is 0. The Morgan fingerprint density at radius 1 is 1.25 bits per heavy atom. The predicted octanol–water partition coefficient (Wildman–Crippen LogP) is 2.21. The number of hydrogen-bond acceptors (Lipinski definition) is 3. The molecule has 0 saturated carbocycles. The maximum atomic E-state index is 5.14. The molecule has 0 atom stereocenters. The summed E-state index contributed by atoms with van der Waals surface area (Å²) in [6.07, 6.45) is 3.34. The summed E-state index contributed by atoms with van der Waals surface area (Å²) in [6.45, 7) is 8.43. The van der Waals surface area contributed by atoms with E-state index in [4.69, 9.17) is 4.74 Å². The van der Waals surface area contributed by atoms with Gasteiger partial charge in [0.2, 0.25) is 0 Å². The number of hydrogen-bond donors (Lipinski definition) is 0. The van der Waals surface area contributed by atoms with Gasteiger partial charge < -0.3 is 4.74 Å². The second-order valence-corrected chi connectivity index (χ2v) is 1.90. The monoisotopic (exact) mass is 168 g/mol. The molecule has 0 N–H and O–H groups in total. The fourth-order valence-electron chi connectivity index (χ4n) is 0.622. The number of nitrogens with zero attached hydrogens (tertiary/aromatic N) is 2. The van der Waals surface area contributed by atoms with Gasteiger partial charge in [-0.2, -0.15) is 0 Å². The summed E-state index contributed by atoms with van der Waals surface area (Å²) < 4.78 is 5.14. The van der Waals surface area contributed by atoms with Crippen LogP contribution in [0.5, 0.6) is 5.75 Å². The number of aromatic nitrogens is 2. The molecular formula is C9H16N2O. The van der Waals surface area contributed by atoms with Crippen molar-refractivity contribution < 1.29 is 4.74 Å². The van der Waals surface area contributed by atoms with Crippen molar-refractivity contribution in [2.75, 3.05) is 6.61 Å². The zero-order chi connectivity index (χ0) is 9.40. The van der Waals surface area contributed by atoms with Crippen LogP contribution in [0, 0.1) is 6.92 Å². The molecule has 0 fully saturated rings. The molecule has 3 heteroatoms. The van der Waals surface area contributed by atoms with Crippen LogP contribution in [0.3, 0.4) is 0 Å². The lowest BCUT2D eigenvalue weighted by molar-refractivity contribution is 0.337. The van der Waals surface area contributed by atoms with Crippen LogP contribution in [0.15, 0.2) is 12.4 Å². The Labute approximate surface area is 73.8 Å². The van der Waals surface area contributed by atoms with Crippen LogP contribution in [0.1, 0.15) is 26.6 Å².